The number of likely N-dealkylation sites (N-methyl/N-ethyl adjacent to an activating group) is 1. The average Bonchev–Trinajstić information content (AvgIpc) is 2.54. The Morgan fingerprint density at radius 2 is 1.64 bits per heavy atom. The number of aliphatic carboxylic acids is 1. The molecule has 0 aliphatic carbocycles. The van der Waals surface area contributed by atoms with Crippen molar-refractivity contribution in [1.82, 2.24) is 4.90 Å². The van der Waals surface area contributed by atoms with Crippen LogP contribution in [0.2, 0.25) is 0 Å². The van der Waals surface area contributed by atoms with Crippen LogP contribution >= 0.6 is 0 Å². The highest BCUT2D eigenvalue weighted by Gasteiger charge is 2.12. The van der Waals surface area contributed by atoms with Gasteiger partial charge in [0.15, 0.2) is 0 Å². The van der Waals surface area contributed by atoms with Crippen molar-refractivity contribution >= 4 is 5.97 Å². The van der Waals surface area contributed by atoms with E-state index in [4.69, 9.17) is 9.84 Å². The topological polar surface area (TPSA) is 49.8 Å². The fourth-order valence-corrected chi connectivity index (χ4v) is 2.93. The largest absolute Gasteiger partial charge is 0.488 e. The number of aryl methyl sites for hydroxylation is 3. The van der Waals surface area contributed by atoms with Crippen molar-refractivity contribution < 1.29 is 14.6 Å². The molecule has 0 unspecified atom stereocenters. The van der Waals surface area contributed by atoms with Gasteiger partial charge >= 0.3 is 5.97 Å². The fraction of sp³-hybridized carbons (Fsp3) is 0.381. The summed E-state index contributed by atoms with van der Waals surface area (Å²) in [7, 11) is 0. The number of carbonyl (C=O) groups is 1. The van der Waals surface area contributed by atoms with Gasteiger partial charge < -0.3 is 9.84 Å². The molecule has 134 valence electrons. The molecule has 0 bridgehead atoms. The molecular formula is C21H27NO3. The van der Waals surface area contributed by atoms with Crippen LogP contribution in [-0.4, -0.2) is 29.1 Å². The Bertz CT molecular complexity index is 699. The summed E-state index contributed by atoms with van der Waals surface area (Å²) in [6.07, 6.45) is 0. The summed E-state index contributed by atoms with van der Waals surface area (Å²) in [5.41, 5.74) is 5.65. The Labute approximate surface area is 150 Å². The lowest BCUT2D eigenvalue weighted by Gasteiger charge is -2.20. The molecule has 2 rings (SSSR count). The van der Waals surface area contributed by atoms with Gasteiger partial charge in [-0.25, -0.2) is 0 Å². The number of benzene rings is 2. The molecule has 4 nitrogen and oxygen atoms in total. The number of carboxylic acids is 1. The summed E-state index contributed by atoms with van der Waals surface area (Å²) >= 11 is 0. The Kier molecular flexibility index (Phi) is 6.59. The number of rotatable bonds is 8. The Balaban J connectivity index is 2.08. The fourth-order valence-electron chi connectivity index (χ4n) is 2.93. The van der Waals surface area contributed by atoms with E-state index in [0.29, 0.717) is 19.7 Å². The third-order valence-corrected chi connectivity index (χ3v) is 4.24. The van der Waals surface area contributed by atoms with Gasteiger partial charge in [0.1, 0.15) is 12.4 Å². The van der Waals surface area contributed by atoms with Crippen molar-refractivity contribution in [2.24, 2.45) is 0 Å². The standard InChI is InChI=1S/C21H27NO3/c1-5-22(13-20(23)24)12-19-10-16(3)21(17(4)11-19)25-14-18-8-6-15(2)7-9-18/h6-11H,5,12-14H2,1-4H3,(H,23,24). The van der Waals surface area contributed by atoms with Gasteiger partial charge in [0, 0.05) is 6.54 Å². The molecule has 0 aliphatic rings. The highest BCUT2D eigenvalue weighted by molar-refractivity contribution is 5.69. The molecule has 0 atom stereocenters. The van der Waals surface area contributed by atoms with Crippen LogP contribution in [0.1, 0.15) is 34.7 Å². The summed E-state index contributed by atoms with van der Waals surface area (Å²) in [5.74, 6) is 0.110. The number of ether oxygens (including phenoxy) is 1. The van der Waals surface area contributed by atoms with E-state index in [1.165, 1.54) is 5.56 Å². The molecule has 0 saturated heterocycles. The molecule has 0 amide bonds. The van der Waals surface area contributed by atoms with Gasteiger partial charge in [-0.3, -0.25) is 9.69 Å². The third kappa shape index (κ3) is 5.61. The molecule has 0 heterocycles. The van der Waals surface area contributed by atoms with Crippen LogP contribution in [0.25, 0.3) is 0 Å². The summed E-state index contributed by atoms with van der Waals surface area (Å²) in [6, 6.07) is 12.5. The van der Waals surface area contributed by atoms with Crippen molar-refractivity contribution in [3.05, 3.63) is 64.2 Å². The minimum atomic E-state index is -0.798. The third-order valence-electron chi connectivity index (χ3n) is 4.24. The minimum absolute atomic E-state index is 0.0558. The minimum Gasteiger partial charge on any atom is -0.488 e. The normalized spacial score (nSPS) is 10.9. The maximum absolute atomic E-state index is 10.9. The monoisotopic (exact) mass is 341 g/mol. The zero-order valence-corrected chi connectivity index (χ0v) is 15.5. The maximum atomic E-state index is 10.9. The number of nitrogens with zero attached hydrogens (tertiary/aromatic N) is 1. The molecule has 2 aromatic rings. The lowest BCUT2D eigenvalue weighted by molar-refractivity contribution is -0.138. The molecule has 0 radical (unpaired) electrons. The molecule has 4 heteroatoms. The highest BCUT2D eigenvalue weighted by Crippen LogP contribution is 2.26. The zero-order valence-electron chi connectivity index (χ0n) is 15.5. The van der Waals surface area contributed by atoms with Crippen LogP contribution in [-0.2, 0) is 17.9 Å². The number of carboxylic acid groups (broad SMARTS) is 1. The summed E-state index contributed by atoms with van der Waals surface area (Å²) in [5, 5.41) is 8.98. The number of hydrogen-bond acceptors (Lipinski definition) is 3. The quantitative estimate of drug-likeness (QED) is 0.785. The van der Waals surface area contributed by atoms with Gasteiger partial charge in [0.25, 0.3) is 0 Å². The van der Waals surface area contributed by atoms with Gasteiger partial charge in [0.2, 0.25) is 0 Å². The van der Waals surface area contributed by atoms with E-state index < -0.39 is 5.97 Å². The highest BCUT2D eigenvalue weighted by atomic mass is 16.5. The predicted molar refractivity (Wildman–Crippen MR) is 100 cm³/mol. The SMILES string of the molecule is CCN(CC(=O)O)Cc1cc(C)c(OCc2ccc(C)cc2)c(C)c1. The van der Waals surface area contributed by atoms with E-state index in [2.05, 4.69) is 43.3 Å². The van der Waals surface area contributed by atoms with Crippen molar-refractivity contribution in [3.63, 3.8) is 0 Å². The predicted octanol–water partition coefficient (Wildman–Crippen LogP) is 4.10. The molecule has 25 heavy (non-hydrogen) atoms. The second kappa shape index (κ2) is 8.67. The second-order valence-corrected chi connectivity index (χ2v) is 6.53. The van der Waals surface area contributed by atoms with Crippen LogP contribution in [0.15, 0.2) is 36.4 Å². The van der Waals surface area contributed by atoms with Gasteiger partial charge in [-0.15, -0.1) is 0 Å². The average molecular weight is 341 g/mol. The summed E-state index contributed by atoms with van der Waals surface area (Å²) in [4.78, 5) is 12.8. The summed E-state index contributed by atoms with van der Waals surface area (Å²) < 4.78 is 6.04. The van der Waals surface area contributed by atoms with E-state index >= 15 is 0 Å². The van der Waals surface area contributed by atoms with E-state index in [9.17, 15) is 4.79 Å². The second-order valence-electron chi connectivity index (χ2n) is 6.53. The first-order chi connectivity index (χ1) is 11.9. The van der Waals surface area contributed by atoms with Crippen LogP contribution in [0.5, 0.6) is 5.75 Å². The maximum Gasteiger partial charge on any atom is 0.317 e. The van der Waals surface area contributed by atoms with Crippen LogP contribution < -0.4 is 4.74 Å². The smallest absolute Gasteiger partial charge is 0.317 e. The zero-order chi connectivity index (χ0) is 18.4. The van der Waals surface area contributed by atoms with Crippen LogP contribution in [0, 0.1) is 20.8 Å². The molecule has 0 aromatic heterocycles. The molecule has 0 spiro atoms. The molecule has 0 aliphatic heterocycles. The molecule has 2 aromatic carbocycles. The Morgan fingerprint density at radius 3 is 2.16 bits per heavy atom. The van der Waals surface area contributed by atoms with E-state index in [0.717, 1.165) is 28.0 Å². The van der Waals surface area contributed by atoms with Crippen LogP contribution in [0.4, 0.5) is 0 Å². The number of hydrogen-bond donors (Lipinski definition) is 1. The van der Waals surface area contributed by atoms with E-state index in [-0.39, 0.29) is 6.54 Å². The lowest BCUT2D eigenvalue weighted by atomic mass is 10.0. The molecule has 1 N–H and O–H groups in total. The van der Waals surface area contributed by atoms with Gasteiger partial charge in [-0.05, 0) is 49.6 Å². The van der Waals surface area contributed by atoms with Crippen molar-refractivity contribution in [2.45, 2.75) is 40.8 Å². The first-order valence-corrected chi connectivity index (χ1v) is 8.61. The Morgan fingerprint density at radius 1 is 1.04 bits per heavy atom. The van der Waals surface area contributed by atoms with E-state index in [1.54, 1.807) is 0 Å². The molecular weight excluding hydrogens is 314 g/mol. The van der Waals surface area contributed by atoms with Crippen molar-refractivity contribution in [2.75, 3.05) is 13.1 Å². The Hall–Kier alpha value is -2.33. The van der Waals surface area contributed by atoms with Gasteiger partial charge in [0.05, 0.1) is 6.54 Å². The molecule has 0 fully saturated rings. The first kappa shape index (κ1) is 19.0. The first-order valence-electron chi connectivity index (χ1n) is 8.61. The van der Waals surface area contributed by atoms with E-state index in [1.807, 2.05) is 25.7 Å². The van der Waals surface area contributed by atoms with Crippen molar-refractivity contribution in [1.29, 1.82) is 0 Å². The van der Waals surface area contributed by atoms with Crippen molar-refractivity contribution in [3.8, 4) is 5.75 Å². The van der Waals surface area contributed by atoms with Crippen LogP contribution in [0.3, 0.4) is 0 Å². The summed E-state index contributed by atoms with van der Waals surface area (Å²) in [6.45, 7) is 10.0. The molecule has 0 saturated carbocycles. The van der Waals surface area contributed by atoms with Gasteiger partial charge in [-0.2, -0.15) is 0 Å². The van der Waals surface area contributed by atoms with Gasteiger partial charge in [-0.1, -0.05) is 48.9 Å². The lowest BCUT2D eigenvalue weighted by Crippen LogP contribution is -2.29.